The summed E-state index contributed by atoms with van der Waals surface area (Å²) in [4.78, 5) is 14.3. The molecule has 0 saturated heterocycles. The Hall–Kier alpha value is -2.11. The second-order valence-corrected chi connectivity index (χ2v) is 3.59. The minimum absolute atomic E-state index is 0.115. The number of carbonyl (C=O) groups excluding carboxylic acids is 1. The van der Waals surface area contributed by atoms with E-state index in [4.69, 9.17) is 4.42 Å². The first kappa shape index (κ1) is 12.3. The molecule has 3 nitrogen and oxygen atoms in total. The number of aldehydes is 1. The number of aromatic nitrogens is 1. The third-order valence-corrected chi connectivity index (χ3v) is 2.30. The summed E-state index contributed by atoms with van der Waals surface area (Å²) in [6.45, 7) is 0. The van der Waals surface area contributed by atoms with E-state index in [0.717, 1.165) is 12.1 Å². The van der Waals surface area contributed by atoms with Crippen LogP contribution in [0.1, 0.15) is 11.3 Å². The molecule has 0 saturated carbocycles. The highest BCUT2D eigenvalue weighted by Gasteiger charge is 2.30. The molecule has 0 bridgehead atoms. The van der Waals surface area contributed by atoms with Crippen LogP contribution in [0.2, 0.25) is 0 Å². The Balaban J connectivity index is 2.25. The van der Waals surface area contributed by atoms with E-state index in [9.17, 15) is 18.0 Å². The number of rotatable bonds is 3. The minimum Gasteiger partial charge on any atom is -0.444 e. The lowest BCUT2D eigenvalue weighted by molar-refractivity contribution is -0.137. The van der Waals surface area contributed by atoms with Gasteiger partial charge in [0.2, 0.25) is 5.89 Å². The van der Waals surface area contributed by atoms with Crippen molar-refractivity contribution in [1.29, 1.82) is 0 Å². The maximum atomic E-state index is 12.3. The maximum absolute atomic E-state index is 12.3. The molecule has 6 heteroatoms. The molecular formula is C12H8F3NO2. The number of hydrogen-bond acceptors (Lipinski definition) is 3. The molecule has 0 atom stereocenters. The van der Waals surface area contributed by atoms with Gasteiger partial charge >= 0.3 is 6.18 Å². The molecule has 1 aromatic carbocycles. The van der Waals surface area contributed by atoms with Crippen LogP contribution in [0.15, 0.2) is 34.9 Å². The largest absolute Gasteiger partial charge is 0.444 e. The molecule has 94 valence electrons. The van der Waals surface area contributed by atoms with Gasteiger partial charge in [-0.2, -0.15) is 13.2 Å². The van der Waals surface area contributed by atoms with Gasteiger partial charge in [-0.05, 0) is 24.3 Å². The van der Waals surface area contributed by atoms with Gasteiger partial charge < -0.3 is 9.21 Å². The molecule has 18 heavy (non-hydrogen) atoms. The van der Waals surface area contributed by atoms with E-state index < -0.39 is 11.7 Å². The number of nitrogens with zero attached hydrogens (tertiary/aromatic N) is 1. The molecule has 2 rings (SSSR count). The summed E-state index contributed by atoms with van der Waals surface area (Å²) in [6, 6.07) is 4.47. The Morgan fingerprint density at radius 3 is 2.44 bits per heavy atom. The lowest BCUT2D eigenvalue weighted by Crippen LogP contribution is -2.03. The maximum Gasteiger partial charge on any atom is 0.416 e. The van der Waals surface area contributed by atoms with Gasteiger partial charge in [0.1, 0.15) is 12.5 Å². The zero-order valence-electron chi connectivity index (χ0n) is 9.07. The monoisotopic (exact) mass is 255 g/mol. The topological polar surface area (TPSA) is 43.1 Å². The van der Waals surface area contributed by atoms with E-state index in [1.165, 1.54) is 18.4 Å². The van der Waals surface area contributed by atoms with Crippen LogP contribution in [0.5, 0.6) is 0 Å². The van der Waals surface area contributed by atoms with Crippen molar-refractivity contribution in [3.05, 3.63) is 41.8 Å². The average Bonchev–Trinajstić information content (AvgIpc) is 2.77. The molecule has 1 aromatic heterocycles. The second-order valence-electron chi connectivity index (χ2n) is 3.59. The van der Waals surface area contributed by atoms with Gasteiger partial charge in [0, 0.05) is 12.0 Å². The molecule has 0 spiro atoms. The summed E-state index contributed by atoms with van der Waals surface area (Å²) in [5.41, 5.74) is 0.144. The highest BCUT2D eigenvalue weighted by molar-refractivity contribution is 5.57. The van der Waals surface area contributed by atoms with E-state index in [-0.39, 0.29) is 12.3 Å². The standard InChI is InChI=1S/C12H8F3NO2/c13-12(14,15)9-3-1-8(2-4-9)11-16-10(5-6-17)7-18-11/h1-4,6-7H,5H2. The van der Waals surface area contributed by atoms with E-state index in [0.29, 0.717) is 17.5 Å². The highest BCUT2D eigenvalue weighted by Crippen LogP contribution is 2.30. The molecule has 0 aliphatic carbocycles. The van der Waals surface area contributed by atoms with E-state index >= 15 is 0 Å². The minimum atomic E-state index is -4.36. The number of halogens is 3. The Bertz CT molecular complexity index is 543. The predicted molar refractivity (Wildman–Crippen MR) is 56.7 cm³/mol. The molecule has 0 amide bonds. The van der Waals surface area contributed by atoms with Gasteiger partial charge in [-0.25, -0.2) is 4.98 Å². The van der Waals surface area contributed by atoms with Crippen LogP contribution in [0.25, 0.3) is 11.5 Å². The lowest BCUT2D eigenvalue weighted by Gasteiger charge is -2.05. The summed E-state index contributed by atoms with van der Waals surface area (Å²) in [5.74, 6) is 0.195. The summed E-state index contributed by atoms with van der Waals surface area (Å²) in [5, 5.41) is 0. The van der Waals surface area contributed by atoms with Crippen molar-refractivity contribution in [3.8, 4) is 11.5 Å². The molecule has 0 radical (unpaired) electrons. The van der Waals surface area contributed by atoms with Crippen LogP contribution in [-0.4, -0.2) is 11.3 Å². The first-order valence-corrected chi connectivity index (χ1v) is 5.06. The number of oxazole rings is 1. The predicted octanol–water partition coefficient (Wildman–Crippen LogP) is 3.10. The van der Waals surface area contributed by atoms with Gasteiger partial charge in [0.25, 0.3) is 0 Å². The molecule has 0 fully saturated rings. The summed E-state index contributed by atoms with van der Waals surface area (Å²) in [7, 11) is 0. The van der Waals surface area contributed by atoms with Crippen molar-refractivity contribution in [1.82, 2.24) is 4.98 Å². The normalized spacial score (nSPS) is 11.5. The van der Waals surface area contributed by atoms with Crippen LogP contribution in [0.4, 0.5) is 13.2 Å². The summed E-state index contributed by atoms with van der Waals surface area (Å²) in [6.07, 6.45) is -2.27. The number of benzene rings is 1. The Morgan fingerprint density at radius 2 is 1.89 bits per heavy atom. The van der Waals surface area contributed by atoms with Crippen LogP contribution in [0.3, 0.4) is 0 Å². The number of carbonyl (C=O) groups is 1. The Morgan fingerprint density at radius 1 is 1.22 bits per heavy atom. The van der Waals surface area contributed by atoms with Gasteiger partial charge in [0.05, 0.1) is 11.3 Å². The van der Waals surface area contributed by atoms with Crippen molar-refractivity contribution in [2.45, 2.75) is 12.6 Å². The third kappa shape index (κ3) is 2.58. The highest BCUT2D eigenvalue weighted by atomic mass is 19.4. The SMILES string of the molecule is O=CCc1coc(-c2ccc(C(F)(F)F)cc2)n1. The molecule has 2 aromatic rings. The second kappa shape index (κ2) is 4.64. The summed E-state index contributed by atoms with van der Waals surface area (Å²) >= 11 is 0. The average molecular weight is 255 g/mol. The van der Waals surface area contributed by atoms with Gasteiger partial charge in [-0.15, -0.1) is 0 Å². The van der Waals surface area contributed by atoms with Crippen molar-refractivity contribution in [2.75, 3.05) is 0 Å². The third-order valence-electron chi connectivity index (χ3n) is 2.30. The van der Waals surface area contributed by atoms with Crippen LogP contribution in [0, 0.1) is 0 Å². The Kier molecular flexibility index (Phi) is 3.18. The molecule has 0 aliphatic heterocycles. The van der Waals surface area contributed by atoms with Crippen LogP contribution >= 0.6 is 0 Å². The van der Waals surface area contributed by atoms with Crippen molar-refractivity contribution in [3.63, 3.8) is 0 Å². The number of alkyl halides is 3. The van der Waals surface area contributed by atoms with Crippen molar-refractivity contribution < 1.29 is 22.4 Å². The number of hydrogen-bond donors (Lipinski definition) is 0. The smallest absolute Gasteiger partial charge is 0.416 e. The molecular weight excluding hydrogens is 247 g/mol. The van der Waals surface area contributed by atoms with Crippen LogP contribution in [-0.2, 0) is 17.4 Å². The first-order valence-electron chi connectivity index (χ1n) is 5.06. The Labute approximate surface area is 100 Å². The zero-order valence-corrected chi connectivity index (χ0v) is 9.07. The van der Waals surface area contributed by atoms with Crippen LogP contribution < -0.4 is 0 Å². The first-order chi connectivity index (χ1) is 8.50. The molecule has 1 heterocycles. The van der Waals surface area contributed by atoms with E-state index in [1.807, 2.05) is 0 Å². The van der Waals surface area contributed by atoms with Crippen molar-refractivity contribution >= 4 is 6.29 Å². The van der Waals surface area contributed by atoms with Gasteiger partial charge in [-0.3, -0.25) is 0 Å². The fourth-order valence-electron chi connectivity index (χ4n) is 1.42. The fraction of sp³-hybridized carbons (Fsp3) is 0.167. The summed E-state index contributed by atoms with van der Waals surface area (Å²) < 4.78 is 42.1. The van der Waals surface area contributed by atoms with E-state index in [1.54, 1.807) is 0 Å². The van der Waals surface area contributed by atoms with Gasteiger partial charge in [-0.1, -0.05) is 0 Å². The fourth-order valence-corrected chi connectivity index (χ4v) is 1.42. The van der Waals surface area contributed by atoms with Gasteiger partial charge in [0.15, 0.2) is 0 Å². The molecule has 0 aliphatic rings. The molecule has 0 N–H and O–H groups in total. The zero-order chi connectivity index (χ0) is 13.2. The van der Waals surface area contributed by atoms with Crippen molar-refractivity contribution in [2.24, 2.45) is 0 Å². The molecule has 0 unspecified atom stereocenters. The van der Waals surface area contributed by atoms with E-state index in [2.05, 4.69) is 4.98 Å². The quantitative estimate of drug-likeness (QED) is 0.791. The lowest BCUT2D eigenvalue weighted by atomic mass is 10.1.